The van der Waals surface area contributed by atoms with Gasteiger partial charge < -0.3 is 9.84 Å². The van der Waals surface area contributed by atoms with Crippen LogP contribution in [-0.4, -0.2) is 38.9 Å². The number of hydrogen-bond acceptors (Lipinski definition) is 5. The zero-order valence-corrected chi connectivity index (χ0v) is 11.7. The highest BCUT2D eigenvalue weighted by molar-refractivity contribution is 7.89. The Morgan fingerprint density at radius 2 is 2.00 bits per heavy atom. The van der Waals surface area contributed by atoms with Crippen LogP contribution in [-0.2, 0) is 14.8 Å². The van der Waals surface area contributed by atoms with E-state index in [9.17, 15) is 13.5 Å². The minimum atomic E-state index is -3.86. The fraction of sp³-hybridized carbons (Fsp3) is 0.462. The van der Waals surface area contributed by atoms with Crippen LogP contribution in [0.25, 0.3) is 0 Å². The maximum Gasteiger partial charge on any atom is 0.242 e. The number of nitrogens with one attached hydrogen (secondary N) is 1. The Kier molecular flexibility index (Phi) is 4.40. The first-order valence-electron chi connectivity index (χ1n) is 6.25. The molecule has 1 aliphatic rings. The number of nitrogens with zero attached hydrogens (tertiary/aromatic N) is 1. The van der Waals surface area contributed by atoms with Crippen molar-refractivity contribution in [3.8, 4) is 6.07 Å². The van der Waals surface area contributed by atoms with E-state index in [1.54, 1.807) is 12.1 Å². The molecule has 0 aromatic heterocycles. The van der Waals surface area contributed by atoms with Gasteiger partial charge in [0.05, 0.1) is 22.6 Å². The van der Waals surface area contributed by atoms with Crippen molar-refractivity contribution in [3.63, 3.8) is 0 Å². The van der Waals surface area contributed by atoms with Crippen molar-refractivity contribution in [2.24, 2.45) is 0 Å². The average Bonchev–Trinajstić information content (AvgIpc) is 2.47. The Morgan fingerprint density at radius 1 is 1.35 bits per heavy atom. The summed E-state index contributed by atoms with van der Waals surface area (Å²) in [5.74, 6) is 0. The first-order valence-corrected chi connectivity index (χ1v) is 7.73. The lowest BCUT2D eigenvalue weighted by Gasteiger charge is -2.35. The van der Waals surface area contributed by atoms with Gasteiger partial charge in [-0.05, 0) is 25.0 Å². The number of rotatable bonds is 4. The van der Waals surface area contributed by atoms with Crippen LogP contribution in [0.1, 0.15) is 18.4 Å². The molecule has 0 bridgehead atoms. The predicted octanol–water partition coefficient (Wildman–Crippen LogP) is 0.378. The Hall–Kier alpha value is -1.46. The Labute approximate surface area is 118 Å². The lowest BCUT2D eigenvalue weighted by Crippen LogP contribution is -2.54. The molecule has 0 aliphatic carbocycles. The maximum atomic E-state index is 12.4. The van der Waals surface area contributed by atoms with Crippen LogP contribution in [0.15, 0.2) is 29.2 Å². The van der Waals surface area contributed by atoms with Crippen molar-refractivity contribution in [1.29, 1.82) is 5.26 Å². The van der Waals surface area contributed by atoms with Gasteiger partial charge >= 0.3 is 0 Å². The van der Waals surface area contributed by atoms with Gasteiger partial charge in [-0.2, -0.15) is 5.26 Å². The van der Waals surface area contributed by atoms with E-state index in [0.717, 1.165) is 0 Å². The standard InChI is InChI=1S/C13H16N2O4S/c14-9-11-3-1-2-4-12(11)20(17,18)15-13(10-16)5-7-19-8-6-13/h1-4,15-16H,5-8,10H2. The van der Waals surface area contributed by atoms with Gasteiger partial charge in [-0.3, -0.25) is 0 Å². The van der Waals surface area contributed by atoms with Gasteiger partial charge in [0.15, 0.2) is 0 Å². The molecule has 0 amide bonds. The predicted molar refractivity (Wildman–Crippen MR) is 71.3 cm³/mol. The van der Waals surface area contributed by atoms with Crippen LogP contribution in [0.5, 0.6) is 0 Å². The molecule has 7 heteroatoms. The van der Waals surface area contributed by atoms with Crippen LogP contribution in [0.4, 0.5) is 0 Å². The first-order chi connectivity index (χ1) is 9.53. The van der Waals surface area contributed by atoms with Crippen LogP contribution >= 0.6 is 0 Å². The maximum absolute atomic E-state index is 12.4. The van der Waals surface area contributed by atoms with Crippen LogP contribution < -0.4 is 4.72 Å². The smallest absolute Gasteiger partial charge is 0.242 e. The number of nitriles is 1. The van der Waals surface area contributed by atoms with Gasteiger partial charge in [-0.15, -0.1) is 0 Å². The molecule has 6 nitrogen and oxygen atoms in total. The number of sulfonamides is 1. The van der Waals surface area contributed by atoms with Gasteiger partial charge in [0.25, 0.3) is 0 Å². The van der Waals surface area contributed by atoms with Gasteiger partial charge in [0, 0.05) is 13.2 Å². The van der Waals surface area contributed by atoms with E-state index < -0.39 is 15.6 Å². The fourth-order valence-electron chi connectivity index (χ4n) is 2.19. The molecule has 2 N–H and O–H groups in total. The average molecular weight is 296 g/mol. The number of aliphatic hydroxyl groups is 1. The van der Waals surface area contributed by atoms with Gasteiger partial charge in [0.2, 0.25) is 10.0 Å². The number of hydrogen-bond donors (Lipinski definition) is 2. The van der Waals surface area contributed by atoms with Crippen molar-refractivity contribution in [3.05, 3.63) is 29.8 Å². The fourth-order valence-corrected chi connectivity index (χ4v) is 3.80. The summed E-state index contributed by atoms with van der Waals surface area (Å²) in [6, 6.07) is 7.86. The van der Waals surface area contributed by atoms with Crippen molar-refractivity contribution < 1.29 is 18.3 Å². The number of ether oxygens (including phenoxy) is 1. The molecule has 0 spiro atoms. The summed E-state index contributed by atoms with van der Waals surface area (Å²) in [5.41, 5.74) is -0.834. The number of benzene rings is 1. The van der Waals surface area contributed by atoms with E-state index in [-0.39, 0.29) is 17.1 Å². The second-order valence-electron chi connectivity index (χ2n) is 4.76. The van der Waals surface area contributed by atoms with Crippen molar-refractivity contribution >= 4 is 10.0 Å². The van der Waals surface area contributed by atoms with Gasteiger partial charge in [-0.1, -0.05) is 12.1 Å². The molecular weight excluding hydrogens is 280 g/mol. The summed E-state index contributed by atoms with van der Waals surface area (Å²) in [6.07, 6.45) is 0.800. The van der Waals surface area contributed by atoms with Gasteiger partial charge in [0.1, 0.15) is 6.07 Å². The molecule has 0 atom stereocenters. The van der Waals surface area contributed by atoms with Gasteiger partial charge in [-0.25, -0.2) is 13.1 Å². The van der Waals surface area contributed by atoms with E-state index in [0.29, 0.717) is 26.1 Å². The zero-order valence-electron chi connectivity index (χ0n) is 10.9. The second kappa shape index (κ2) is 5.89. The molecule has 1 fully saturated rings. The molecule has 1 saturated heterocycles. The molecule has 0 radical (unpaired) electrons. The highest BCUT2D eigenvalue weighted by Gasteiger charge is 2.37. The normalized spacial score (nSPS) is 18.4. The second-order valence-corrected chi connectivity index (χ2v) is 6.42. The number of aliphatic hydroxyl groups excluding tert-OH is 1. The summed E-state index contributed by atoms with van der Waals surface area (Å²) in [4.78, 5) is -0.0678. The Bertz CT molecular complexity index is 616. The molecule has 1 aromatic rings. The summed E-state index contributed by atoms with van der Waals surface area (Å²) in [5, 5.41) is 18.5. The Morgan fingerprint density at radius 3 is 2.60 bits per heavy atom. The highest BCUT2D eigenvalue weighted by Crippen LogP contribution is 2.24. The first kappa shape index (κ1) is 14.9. The molecule has 2 rings (SSSR count). The minimum absolute atomic E-state index is 0.0678. The monoisotopic (exact) mass is 296 g/mol. The SMILES string of the molecule is N#Cc1ccccc1S(=O)(=O)NC1(CO)CCOCC1. The third-order valence-corrected chi connectivity index (χ3v) is 5.04. The lowest BCUT2D eigenvalue weighted by molar-refractivity contribution is 0.0223. The zero-order chi connectivity index (χ0) is 14.6. The molecule has 0 unspecified atom stereocenters. The van der Waals surface area contributed by atoms with E-state index in [1.807, 2.05) is 6.07 Å². The van der Waals surface area contributed by atoms with Crippen LogP contribution in [0, 0.1) is 11.3 Å². The molecule has 20 heavy (non-hydrogen) atoms. The quantitative estimate of drug-likeness (QED) is 0.836. The van der Waals surface area contributed by atoms with Crippen molar-refractivity contribution in [2.45, 2.75) is 23.3 Å². The summed E-state index contributed by atoms with van der Waals surface area (Å²) < 4.78 is 32.6. The van der Waals surface area contributed by atoms with Crippen LogP contribution in [0.3, 0.4) is 0 Å². The van der Waals surface area contributed by atoms with E-state index >= 15 is 0 Å². The summed E-state index contributed by atoms with van der Waals surface area (Å²) in [6.45, 7) is 0.482. The van der Waals surface area contributed by atoms with Crippen LogP contribution in [0.2, 0.25) is 0 Å². The third-order valence-electron chi connectivity index (χ3n) is 3.40. The molecule has 1 aliphatic heterocycles. The Balaban J connectivity index is 2.33. The summed E-state index contributed by atoms with van der Waals surface area (Å²) >= 11 is 0. The molecule has 1 aromatic carbocycles. The van der Waals surface area contributed by atoms with Crippen molar-refractivity contribution in [1.82, 2.24) is 4.72 Å². The minimum Gasteiger partial charge on any atom is -0.394 e. The van der Waals surface area contributed by atoms with E-state index in [1.165, 1.54) is 12.1 Å². The highest BCUT2D eigenvalue weighted by atomic mass is 32.2. The largest absolute Gasteiger partial charge is 0.394 e. The molecular formula is C13H16N2O4S. The van der Waals surface area contributed by atoms with Crippen molar-refractivity contribution in [2.75, 3.05) is 19.8 Å². The van der Waals surface area contributed by atoms with E-state index in [4.69, 9.17) is 10.00 Å². The topological polar surface area (TPSA) is 99.4 Å². The molecule has 1 heterocycles. The molecule has 108 valence electrons. The summed E-state index contributed by atoms with van der Waals surface area (Å²) in [7, 11) is -3.86. The molecule has 0 saturated carbocycles. The van der Waals surface area contributed by atoms with E-state index in [2.05, 4.69) is 4.72 Å². The lowest BCUT2D eigenvalue weighted by atomic mass is 9.93. The third kappa shape index (κ3) is 2.99.